The number of benzene rings is 1. The van der Waals surface area contributed by atoms with Crippen LogP contribution in [0.2, 0.25) is 0 Å². The lowest BCUT2D eigenvalue weighted by molar-refractivity contribution is -0.132. The maximum absolute atomic E-state index is 12.4. The average Bonchev–Trinajstić information content (AvgIpc) is 2.49. The quantitative estimate of drug-likeness (QED) is 0.791. The number of carbonyl (C=O) groups excluding carboxylic acids is 1. The van der Waals surface area contributed by atoms with E-state index >= 15 is 0 Å². The molecule has 0 aliphatic rings. The third kappa shape index (κ3) is 4.97. The number of rotatable bonds is 8. The van der Waals surface area contributed by atoms with Gasteiger partial charge in [0.25, 0.3) is 0 Å². The standard InChI is InChI=1S/C17H28N2O/c1-4-14(5-2)13-19(6-3)17(20)12-16(18)15-10-8-7-9-11-15/h7-11,14,16H,4-6,12-13,18H2,1-3H3. The molecular weight excluding hydrogens is 248 g/mol. The number of nitrogens with zero attached hydrogens (tertiary/aromatic N) is 1. The second-order valence-electron chi connectivity index (χ2n) is 5.34. The molecule has 0 bridgehead atoms. The molecule has 1 aromatic carbocycles. The summed E-state index contributed by atoms with van der Waals surface area (Å²) in [6, 6.07) is 9.64. The van der Waals surface area contributed by atoms with Crippen molar-refractivity contribution in [2.24, 2.45) is 11.7 Å². The maximum Gasteiger partial charge on any atom is 0.224 e. The smallest absolute Gasteiger partial charge is 0.224 e. The van der Waals surface area contributed by atoms with Gasteiger partial charge in [0.15, 0.2) is 0 Å². The molecule has 0 saturated carbocycles. The van der Waals surface area contributed by atoms with Gasteiger partial charge in [-0.25, -0.2) is 0 Å². The molecule has 0 spiro atoms. The zero-order valence-corrected chi connectivity index (χ0v) is 13.0. The summed E-state index contributed by atoms with van der Waals surface area (Å²) in [5, 5.41) is 0. The van der Waals surface area contributed by atoms with Crippen LogP contribution >= 0.6 is 0 Å². The van der Waals surface area contributed by atoms with Crippen LogP contribution in [0.15, 0.2) is 30.3 Å². The number of hydrogen-bond acceptors (Lipinski definition) is 2. The van der Waals surface area contributed by atoms with Crippen molar-refractivity contribution in [3.05, 3.63) is 35.9 Å². The van der Waals surface area contributed by atoms with E-state index in [0.29, 0.717) is 12.3 Å². The minimum atomic E-state index is -0.209. The molecule has 0 aliphatic heterocycles. The molecule has 1 amide bonds. The molecule has 0 fully saturated rings. The van der Waals surface area contributed by atoms with E-state index in [4.69, 9.17) is 5.73 Å². The summed E-state index contributed by atoms with van der Waals surface area (Å²) in [5.74, 6) is 0.752. The van der Waals surface area contributed by atoms with E-state index in [-0.39, 0.29) is 11.9 Å². The molecule has 20 heavy (non-hydrogen) atoms. The fourth-order valence-corrected chi connectivity index (χ4v) is 2.40. The van der Waals surface area contributed by atoms with Crippen molar-refractivity contribution in [2.45, 2.75) is 46.1 Å². The summed E-state index contributed by atoms with van der Waals surface area (Å²) in [4.78, 5) is 14.3. The van der Waals surface area contributed by atoms with E-state index in [9.17, 15) is 4.79 Å². The van der Waals surface area contributed by atoms with Gasteiger partial charge in [-0.15, -0.1) is 0 Å². The van der Waals surface area contributed by atoms with Crippen LogP contribution < -0.4 is 5.73 Å². The highest BCUT2D eigenvalue weighted by Gasteiger charge is 2.19. The number of carbonyl (C=O) groups is 1. The summed E-state index contributed by atoms with van der Waals surface area (Å²) in [7, 11) is 0. The van der Waals surface area contributed by atoms with Crippen molar-refractivity contribution < 1.29 is 4.79 Å². The van der Waals surface area contributed by atoms with Crippen LogP contribution in [0, 0.1) is 5.92 Å². The lowest BCUT2D eigenvalue weighted by Crippen LogP contribution is -2.36. The Hall–Kier alpha value is -1.35. The SMILES string of the molecule is CCC(CC)CN(CC)C(=O)CC(N)c1ccccc1. The van der Waals surface area contributed by atoms with Gasteiger partial charge in [-0.1, -0.05) is 57.0 Å². The third-order valence-corrected chi connectivity index (χ3v) is 3.99. The van der Waals surface area contributed by atoms with E-state index in [0.717, 1.165) is 31.5 Å². The van der Waals surface area contributed by atoms with Crippen molar-refractivity contribution in [1.29, 1.82) is 0 Å². The predicted octanol–water partition coefficient (Wildman–Crippen LogP) is 3.36. The van der Waals surface area contributed by atoms with Crippen molar-refractivity contribution in [3.8, 4) is 0 Å². The number of hydrogen-bond donors (Lipinski definition) is 1. The topological polar surface area (TPSA) is 46.3 Å². The largest absolute Gasteiger partial charge is 0.343 e. The monoisotopic (exact) mass is 276 g/mol. The highest BCUT2D eigenvalue weighted by atomic mass is 16.2. The third-order valence-electron chi connectivity index (χ3n) is 3.99. The Bertz CT molecular complexity index is 387. The zero-order valence-electron chi connectivity index (χ0n) is 13.0. The van der Waals surface area contributed by atoms with Gasteiger partial charge in [-0.05, 0) is 18.4 Å². The lowest BCUT2D eigenvalue weighted by atomic mass is 10.0. The normalized spacial score (nSPS) is 12.4. The summed E-state index contributed by atoms with van der Waals surface area (Å²) in [5.41, 5.74) is 7.16. The van der Waals surface area contributed by atoms with Crippen LogP contribution in [0.3, 0.4) is 0 Å². The Morgan fingerprint density at radius 2 is 1.75 bits per heavy atom. The molecule has 1 rings (SSSR count). The number of nitrogens with two attached hydrogens (primary N) is 1. The van der Waals surface area contributed by atoms with Gasteiger partial charge in [0, 0.05) is 25.6 Å². The first-order valence-electron chi connectivity index (χ1n) is 7.70. The minimum absolute atomic E-state index is 0.163. The number of amides is 1. The minimum Gasteiger partial charge on any atom is -0.343 e. The maximum atomic E-state index is 12.4. The molecule has 3 heteroatoms. The molecule has 1 unspecified atom stereocenters. The van der Waals surface area contributed by atoms with Gasteiger partial charge in [0.05, 0.1) is 0 Å². The Morgan fingerprint density at radius 1 is 1.15 bits per heavy atom. The van der Waals surface area contributed by atoms with Crippen LogP contribution in [0.1, 0.15) is 51.6 Å². The molecule has 1 atom stereocenters. The molecule has 112 valence electrons. The van der Waals surface area contributed by atoms with Crippen LogP contribution in [0.25, 0.3) is 0 Å². The molecule has 2 N–H and O–H groups in total. The fourth-order valence-electron chi connectivity index (χ4n) is 2.40. The molecule has 0 saturated heterocycles. The van der Waals surface area contributed by atoms with E-state index in [1.807, 2.05) is 42.2 Å². The van der Waals surface area contributed by atoms with Crippen LogP contribution in [-0.2, 0) is 4.79 Å². The van der Waals surface area contributed by atoms with Gasteiger partial charge >= 0.3 is 0 Å². The van der Waals surface area contributed by atoms with Gasteiger partial charge in [0.2, 0.25) is 5.91 Å². The summed E-state index contributed by atoms with van der Waals surface area (Å²) in [6.07, 6.45) is 2.62. The lowest BCUT2D eigenvalue weighted by Gasteiger charge is -2.26. The Kier molecular flexibility index (Phi) is 7.31. The van der Waals surface area contributed by atoms with Crippen LogP contribution in [0.5, 0.6) is 0 Å². The molecule has 0 aromatic heterocycles. The second kappa shape index (κ2) is 8.75. The highest BCUT2D eigenvalue weighted by molar-refractivity contribution is 5.77. The molecular formula is C17H28N2O. The average molecular weight is 276 g/mol. The highest BCUT2D eigenvalue weighted by Crippen LogP contribution is 2.16. The molecule has 0 aliphatic carbocycles. The van der Waals surface area contributed by atoms with E-state index in [1.165, 1.54) is 0 Å². The summed E-state index contributed by atoms with van der Waals surface area (Å²) in [6.45, 7) is 8.01. The van der Waals surface area contributed by atoms with Crippen molar-refractivity contribution in [1.82, 2.24) is 4.90 Å². The molecule has 0 radical (unpaired) electrons. The van der Waals surface area contributed by atoms with Crippen LogP contribution in [-0.4, -0.2) is 23.9 Å². The molecule has 0 heterocycles. The Balaban J connectivity index is 2.59. The van der Waals surface area contributed by atoms with E-state index in [2.05, 4.69) is 13.8 Å². The van der Waals surface area contributed by atoms with Gasteiger partial charge in [-0.2, -0.15) is 0 Å². The first kappa shape index (κ1) is 16.7. The van der Waals surface area contributed by atoms with Gasteiger partial charge in [-0.3, -0.25) is 4.79 Å². The van der Waals surface area contributed by atoms with Gasteiger partial charge in [0.1, 0.15) is 0 Å². The predicted molar refractivity (Wildman–Crippen MR) is 84.3 cm³/mol. The Morgan fingerprint density at radius 3 is 2.25 bits per heavy atom. The van der Waals surface area contributed by atoms with Gasteiger partial charge < -0.3 is 10.6 Å². The van der Waals surface area contributed by atoms with Crippen LogP contribution in [0.4, 0.5) is 0 Å². The zero-order chi connectivity index (χ0) is 15.0. The van der Waals surface area contributed by atoms with Crippen molar-refractivity contribution >= 4 is 5.91 Å². The van der Waals surface area contributed by atoms with E-state index < -0.39 is 0 Å². The Labute approximate surface area is 123 Å². The van der Waals surface area contributed by atoms with Crippen molar-refractivity contribution in [3.63, 3.8) is 0 Å². The summed E-state index contributed by atoms with van der Waals surface area (Å²) >= 11 is 0. The fraction of sp³-hybridized carbons (Fsp3) is 0.588. The second-order valence-corrected chi connectivity index (χ2v) is 5.34. The first-order chi connectivity index (χ1) is 9.62. The van der Waals surface area contributed by atoms with Crippen molar-refractivity contribution in [2.75, 3.05) is 13.1 Å². The van der Waals surface area contributed by atoms with E-state index in [1.54, 1.807) is 0 Å². The summed E-state index contributed by atoms with van der Waals surface area (Å²) < 4.78 is 0. The molecule has 1 aromatic rings. The first-order valence-corrected chi connectivity index (χ1v) is 7.70. The molecule has 3 nitrogen and oxygen atoms in total.